The standard InChI is InChI=1S/C21H27F2N3O2/c1-12(2)19(27)21(28)25-14-9-13(3)10-26(11-14)17-7-6-16(20(22)23)18-15(17)5-4-8-24-18/h4-8,12-14,19-20,27H,9-11H2,1-3H3,(H,25,28)/t13-,14+,19-/m0/s1. The van der Waals surface area contributed by atoms with Crippen LogP contribution < -0.4 is 10.2 Å². The first-order valence-corrected chi connectivity index (χ1v) is 9.67. The van der Waals surface area contributed by atoms with Crippen LogP contribution >= 0.6 is 0 Å². The Morgan fingerprint density at radius 1 is 1.29 bits per heavy atom. The fourth-order valence-electron chi connectivity index (χ4n) is 3.87. The van der Waals surface area contributed by atoms with Crippen molar-refractivity contribution >= 4 is 22.5 Å². The molecule has 1 aliphatic heterocycles. The number of carbonyl (C=O) groups is 1. The van der Waals surface area contributed by atoms with Crippen LogP contribution in [0.4, 0.5) is 14.5 Å². The maximum absolute atomic E-state index is 13.4. The first kappa shape index (κ1) is 20.5. The summed E-state index contributed by atoms with van der Waals surface area (Å²) >= 11 is 0. The van der Waals surface area contributed by atoms with Gasteiger partial charge in [0.1, 0.15) is 6.10 Å². The molecular formula is C21H27F2N3O2. The van der Waals surface area contributed by atoms with Gasteiger partial charge in [-0.3, -0.25) is 9.78 Å². The number of halogens is 2. The summed E-state index contributed by atoms with van der Waals surface area (Å²) in [6.07, 6.45) is -1.30. The second kappa shape index (κ2) is 8.39. The minimum Gasteiger partial charge on any atom is -0.383 e. The molecule has 5 nitrogen and oxygen atoms in total. The van der Waals surface area contributed by atoms with Crippen molar-refractivity contribution in [1.29, 1.82) is 0 Å². The number of hydrogen-bond donors (Lipinski definition) is 2. The number of carbonyl (C=O) groups excluding carboxylic acids is 1. The predicted octanol–water partition coefficient (Wildman–Crippen LogP) is 3.52. The third kappa shape index (κ3) is 4.24. The van der Waals surface area contributed by atoms with Crippen LogP contribution in [0.5, 0.6) is 0 Å². The largest absolute Gasteiger partial charge is 0.383 e. The molecule has 1 aromatic carbocycles. The van der Waals surface area contributed by atoms with E-state index in [0.717, 1.165) is 18.7 Å². The number of fused-ring (bicyclic) bond motifs is 1. The first-order chi connectivity index (χ1) is 13.3. The zero-order valence-corrected chi connectivity index (χ0v) is 16.4. The van der Waals surface area contributed by atoms with Crippen LogP contribution in [0.1, 0.15) is 39.2 Å². The smallest absolute Gasteiger partial charge is 0.265 e. The van der Waals surface area contributed by atoms with Gasteiger partial charge in [0.25, 0.3) is 6.43 Å². The Morgan fingerprint density at radius 2 is 2.04 bits per heavy atom. The lowest BCUT2D eigenvalue weighted by molar-refractivity contribution is -0.132. The summed E-state index contributed by atoms with van der Waals surface area (Å²) < 4.78 is 26.7. The van der Waals surface area contributed by atoms with E-state index in [4.69, 9.17) is 0 Å². The van der Waals surface area contributed by atoms with Crippen LogP contribution in [0.3, 0.4) is 0 Å². The van der Waals surface area contributed by atoms with Gasteiger partial charge in [0.2, 0.25) is 5.91 Å². The normalized spacial score (nSPS) is 21.4. The molecule has 152 valence electrons. The van der Waals surface area contributed by atoms with Crippen LogP contribution in [0.25, 0.3) is 10.9 Å². The summed E-state index contributed by atoms with van der Waals surface area (Å²) in [6, 6.07) is 6.58. The molecule has 0 spiro atoms. The molecule has 0 radical (unpaired) electrons. The van der Waals surface area contributed by atoms with Gasteiger partial charge in [0.15, 0.2) is 0 Å². The van der Waals surface area contributed by atoms with Crippen molar-refractivity contribution in [2.75, 3.05) is 18.0 Å². The molecule has 3 rings (SSSR count). The number of alkyl halides is 2. The van der Waals surface area contributed by atoms with E-state index in [9.17, 15) is 18.7 Å². The Hall–Kier alpha value is -2.28. The highest BCUT2D eigenvalue weighted by Crippen LogP contribution is 2.34. The van der Waals surface area contributed by atoms with Crippen LogP contribution in [-0.2, 0) is 4.79 Å². The first-order valence-electron chi connectivity index (χ1n) is 9.67. The number of piperidine rings is 1. The number of anilines is 1. The molecule has 0 unspecified atom stereocenters. The zero-order chi connectivity index (χ0) is 20.4. The fraction of sp³-hybridized carbons (Fsp3) is 0.524. The van der Waals surface area contributed by atoms with Gasteiger partial charge >= 0.3 is 0 Å². The maximum atomic E-state index is 13.4. The minimum absolute atomic E-state index is 0.0747. The summed E-state index contributed by atoms with van der Waals surface area (Å²) in [5.74, 6) is -0.223. The van der Waals surface area contributed by atoms with Crippen LogP contribution in [-0.4, -0.2) is 41.2 Å². The topological polar surface area (TPSA) is 65.5 Å². The number of nitrogens with zero attached hydrogens (tertiary/aromatic N) is 2. The summed E-state index contributed by atoms with van der Waals surface area (Å²) in [7, 11) is 0. The Morgan fingerprint density at radius 3 is 2.71 bits per heavy atom. The van der Waals surface area contributed by atoms with E-state index in [2.05, 4.69) is 22.1 Å². The molecule has 2 N–H and O–H groups in total. The number of benzene rings is 1. The highest BCUT2D eigenvalue weighted by atomic mass is 19.3. The van der Waals surface area contributed by atoms with Crippen molar-refractivity contribution in [2.45, 2.75) is 45.8 Å². The van der Waals surface area contributed by atoms with E-state index in [1.54, 1.807) is 32.0 Å². The number of amides is 1. The van der Waals surface area contributed by atoms with Crippen LogP contribution in [0.15, 0.2) is 30.5 Å². The Balaban J connectivity index is 1.87. The quantitative estimate of drug-likeness (QED) is 0.819. The second-order valence-electron chi connectivity index (χ2n) is 8.01. The molecule has 7 heteroatoms. The molecule has 1 aromatic heterocycles. The Labute approximate surface area is 163 Å². The number of aromatic nitrogens is 1. The highest BCUT2D eigenvalue weighted by Gasteiger charge is 2.29. The number of hydrogen-bond acceptors (Lipinski definition) is 4. The van der Waals surface area contributed by atoms with Crippen LogP contribution in [0, 0.1) is 11.8 Å². The van der Waals surface area contributed by atoms with Crippen molar-refractivity contribution in [3.8, 4) is 0 Å². The van der Waals surface area contributed by atoms with Gasteiger partial charge in [-0.25, -0.2) is 8.78 Å². The van der Waals surface area contributed by atoms with Crippen molar-refractivity contribution in [2.24, 2.45) is 11.8 Å². The van der Waals surface area contributed by atoms with E-state index >= 15 is 0 Å². The van der Waals surface area contributed by atoms with E-state index in [0.29, 0.717) is 23.4 Å². The van der Waals surface area contributed by atoms with Crippen molar-refractivity contribution in [3.05, 3.63) is 36.0 Å². The number of nitrogens with one attached hydrogen (secondary N) is 1. The highest BCUT2D eigenvalue weighted by molar-refractivity contribution is 5.94. The molecule has 0 bridgehead atoms. The molecular weight excluding hydrogens is 364 g/mol. The molecule has 28 heavy (non-hydrogen) atoms. The van der Waals surface area contributed by atoms with Gasteiger partial charge in [-0.05, 0) is 42.5 Å². The second-order valence-corrected chi connectivity index (χ2v) is 8.01. The zero-order valence-electron chi connectivity index (χ0n) is 16.4. The van der Waals surface area contributed by atoms with Gasteiger partial charge in [-0.1, -0.05) is 20.8 Å². The fourth-order valence-corrected chi connectivity index (χ4v) is 3.87. The molecule has 3 atom stereocenters. The lowest BCUT2D eigenvalue weighted by Gasteiger charge is -2.39. The lowest BCUT2D eigenvalue weighted by Crippen LogP contribution is -2.53. The van der Waals surface area contributed by atoms with E-state index in [1.165, 1.54) is 12.3 Å². The average Bonchev–Trinajstić information content (AvgIpc) is 2.65. The van der Waals surface area contributed by atoms with E-state index in [1.807, 2.05) is 0 Å². The predicted molar refractivity (Wildman–Crippen MR) is 105 cm³/mol. The molecule has 1 amide bonds. The number of rotatable bonds is 5. The number of aliphatic hydroxyl groups excluding tert-OH is 1. The molecule has 1 aliphatic rings. The van der Waals surface area contributed by atoms with E-state index < -0.39 is 12.5 Å². The van der Waals surface area contributed by atoms with Gasteiger partial charge in [-0.15, -0.1) is 0 Å². The van der Waals surface area contributed by atoms with Crippen molar-refractivity contribution in [1.82, 2.24) is 10.3 Å². The Kier molecular flexibility index (Phi) is 6.13. The van der Waals surface area contributed by atoms with Crippen LogP contribution in [0.2, 0.25) is 0 Å². The molecule has 1 fully saturated rings. The van der Waals surface area contributed by atoms with Crippen molar-refractivity contribution in [3.63, 3.8) is 0 Å². The average molecular weight is 391 g/mol. The van der Waals surface area contributed by atoms with Gasteiger partial charge < -0.3 is 15.3 Å². The summed E-state index contributed by atoms with van der Waals surface area (Å²) in [5.41, 5.74) is 1.07. The van der Waals surface area contributed by atoms with Crippen molar-refractivity contribution < 1.29 is 18.7 Å². The summed E-state index contributed by atoms with van der Waals surface area (Å²) in [5, 5.41) is 13.6. The molecule has 0 aliphatic carbocycles. The summed E-state index contributed by atoms with van der Waals surface area (Å²) in [6.45, 7) is 7.00. The number of aliphatic hydroxyl groups is 1. The van der Waals surface area contributed by atoms with Gasteiger partial charge in [0.05, 0.1) is 5.52 Å². The Bertz CT molecular complexity index is 844. The SMILES string of the molecule is CC(C)[C@H](O)C(=O)N[C@@H]1C[C@H](C)CN(c2ccc(C(F)F)c3ncccc23)C1. The molecule has 0 saturated carbocycles. The summed E-state index contributed by atoms with van der Waals surface area (Å²) in [4.78, 5) is 18.6. The van der Waals surface area contributed by atoms with E-state index in [-0.39, 0.29) is 23.4 Å². The third-order valence-electron chi connectivity index (χ3n) is 5.26. The molecule has 1 saturated heterocycles. The lowest BCUT2D eigenvalue weighted by atomic mass is 9.94. The van der Waals surface area contributed by atoms with Gasteiger partial charge in [-0.2, -0.15) is 0 Å². The monoisotopic (exact) mass is 391 g/mol. The molecule has 2 heterocycles. The maximum Gasteiger partial charge on any atom is 0.265 e. The van der Waals surface area contributed by atoms with Gasteiger partial charge in [0, 0.05) is 42.0 Å². The number of pyridine rings is 1. The minimum atomic E-state index is -2.59. The third-order valence-corrected chi connectivity index (χ3v) is 5.26. The molecule has 2 aromatic rings.